The van der Waals surface area contributed by atoms with Crippen molar-refractivity contribution in [2.24, 2.45) is 0 Å². The molecule has 2 heterocycles. The Morgan fingerprint density at radius 2 is 1.88 bits per heavy atom. The van der Waals surface area contributed by atoms with Crippen molar-refractivity contribution in [2.45, 2.75) is 6.18 Å². The lowest BCUT2D eigenvalue weighted by Gasteiger charge is -2.29. The minimum absolute atomic E-state index is 0.0546. The number of nitriles is 1. The molecule has 0 aliphatic carbocycles. The summed E-state index contributed by atoms with van der Waals surface area (Å²) in [6.07, 6.45) is -3.13. The second-order valence-electron chi connectivity index (χ2n) is 7.40. The van der Waals surface area contributed by atoms with E-state index < -0.39 is 17.6 Å². The Hall–Kier alpha value is -3.90. The molecule has 168 valence electrons. The molecule has 6 nitrogen and oxygen atoms in total. The number of rotatable bonds is 4. The number of benzene rings is 2. The van der Waals surface area contributed by atoms with Crippen LogP contribution in [0.1, 0.15) is 11.1 Å². The van der Waals surface area contributed by atoms with Crippen molar-refractivity contribution >= 4 is 34.4 Å². The number of pyridine rings is 1. The lowest BCUT2D eigenvalue weighted by Crippen LogP contribution is -2.37. The molecule has 0 bridgehead atoms. The number of nitrogens with one attached hydrogen (secondary N) is 1. The summed E-state index contributed by atoms with van der Waals surface area (Å²) in [6, 6.07) is 15.4. The molecule has 1 fully saturated rings. The number of anilines is 2. The van der Waals surface area contributed by atoms with Gasteiger partial charge in [-0.25, -0.2) is 4.98 Å². The van der Waals surface area contributed by atoms with Crippen LogP contribution in [-0.2, 0) is 15.7 Å². The van der Waals surface area contributed by atoms with Crippen LogP contribution in [0.4, 0.5) is 24.7 Å². The van der Waals surface area contributed by atoms with Crippen LogP contribution in [0, 0.1) is 11.3 Å². The highest BCUT2D eigenvalue weighted by Gasteiger charge is 2.30. The highest BCUT2D eigenvalue weighted by Crippen LogP contribution is 2.31. The van der Waals surface area contributed by atoms with Gasteiger partial charge in [-0.15, -0.1) is 0 Å². The number of morpholine rings is 1. The van der Waals surface area contributed by atoms with Crippen LogP contribution in [0.25, 0.3) is 17.0 Å². The van der Waals surface area contributed by atoms with Crippen molar-refractivity contribution in [1.82, 2.24) is 4.98 Å². The summed E-state index contributed by atoms with van der Waals surface area (Å²) < 4.78 is 44.3. The van der Waals surface area contributed by atoms with Gasteiger partial charge in [0, 0.05) is 29.7 Å². The number of hydrogen-bond acceptors (Lipinski definition) is 5. The number of aromatic nitrogens is 1. The largest absolute Gasteiger partial charge is 0.416 e. The molecule has 1 N–H and O–H groups in total. The topological polar surface area (TPSA) is 78.2 Å². The molecule has 0 saturated carbocycles. The smallest absolute Gasteiger partial charge is 0.378 e. The summed E-state index contributed by atoms with van der Waals surface area (Å²) in [6.45, 7) is 2.26. The summed E-state index contributed by atoms with van der Waals surface area (Å²) in [5.74, 6) is -0.200. The Bertz CT molecular complexity index is 1260. The number of nitrogens with zero attached hydrogens (tertiary/aromatic N) is 3. The van der Waals surface area contributed by atoms with Gasteiger partial charge in [-0.1, -0.05) is 24.3 Å². The van der Waals surface area contributed by atoms with Crippen LogP contribution in [0.2, 0.25) is 0 Å². The van der Waals surface area contributed by atoms with E-state index in [-0.39, 0.29) is 11.3 Å². The zero-order valence-electron chi connectivity index (χ0n) is 17.4. The molecule has 0 unspecified atom stereocenters. The average molecular weight is 452 g/mol. The Morgan fingerprint density at radius 1 is 1.12 bits per heavy atom. The zero-order chi connectivity index (χ0) is 23.4. The van der Waals surface area contributed by atoms with Gasteiger partial charge in [-0.2, -0.15) is 18.4 Å². The number of carbonyl (C=O) groups excluding carboxylic acids is 1. The molecular weight excluding hydrogens is 433 g/mol. The van der Waals surface area contributed by atoms with E-state index in [0.717, 1.165) is 23.0 Å². The summed E-state index contributed by atoms with van der Waals surface area (Å²) in [7, 11) is 0. The molecular formula is C24H19F3N4O2. The summed E-state index contributed by atoms with van der Waals surface area (Å²) in [4.78, 5) is 19.5. The van der Waals surface area contributed by atoms with Crippen molar-refractivity contribution < 1.29 is 22.7 Å². The van der Waals surface area contributed by atoms with Crippen molar-refractivity contribution in [1.29, 1.82) is 5.26 Å². The van der Waals surface area contributed by atoms with Crippen LogP contribution in [0.15, 0.2) is 60.2 Å². The van der Waals surface area contributed by atoms with Crippen molar-refractivity contribution in [3.8, 4) is 6.07 Å². The second-order valence-corrected chi connectivity index (χ2v) is 7.40. The standard InChI is InChI=1S/C24H19F3N4O2/c25-24(26,27)19-5-3-6-20(14-19)29-23(32)18(15-28)13-17-12-16-4-1-2-7-21(16)30-22(17)31-8-10-33-11-9-31/h1-7,12-14H,8-11H2,(H,29,32). The minimum Gasteiger partial charge on any atom is -0.378 e. The van der Waals surface area contributed by atoms with Crippen molar-refractivity contribution in [2.75, 3.05) is 36.5 Å². The number of fused-ring (bicyclic) bond motifs is 1. The van der Waals surface area contributed by atoms with E-state index >= 15 is 0 Å². The zero-order valence-corrected chi connectivity index (χ0v) is 17.4. The van der Waals surface area contributed by atoms with Crippen LogP contribution in [0.3, 0.4) is 0 Å². The fourth-order valence-corrected chi connectivity index (χ4v) is 3.53. The molecule has 0 radical (unpaired) electrons. The average Bonchev–Trinajstić information content (AvgIpc) is 2.82. The molecule has 1 aliphatic rings. The number of ether oxygens (including phenoxy) is 1. The predicted molar refractivity (Wildman–Crippen MR) is 118 cm³/mol. The van der Waals surface area contributed by atoms with Gasteiger partial charge in [0.05, 0.1) is 24.3 Å². The third-order valence-corrected chi connectivity index (χ3v) is 5.16. The number of alkyl halides is 3. The lowest BCUT2D eigenvalue weighted by atomic mass is 10.1. The molecule has 9 heteroatoms. The highest BCUT2D eigenvalue weighted by molar-refractivity contribution is 6.10. The quantitative estimate of drug-likeness (QED) is 0.461. The number of para-hydroxylation sites is 1. The lowest BCUT2D eigenvalue weighted by molar-refractivity contribution is -0.137. The molecule has 1 aliphatic heterocycles. The summed E-state index contributed by atoms with van der Waals surface area (Å²) in [5, 5.41) is 12.8. The number of carbonyl (C=O) groups is 1. The van der Waals surface area contributed by atoms with E-state index in [0.29, 0.717) is 37.7 Å². The third kappa shape index (κ3) is 5.13. The maximum atomic E-state index is 13.0. The monoisotopic (exact) mass is 452 g/mol. The minimum atomic E-state index is -4.54. The van der Waals surface area contributed by atoms with E-state index in [4.69, 9.17) is 9.72 Å². The van der Waals surface area contributed by atoms with Gasteiger partial charge in [0.1, 0.15) is 17.5 Å². The number of hydrogen-bond donors (Lipinski definition) is 1. The van der Waals surface area contributed by atoms with Crippen LogP contribution in [0.5, 0.6) is 0 Å². The van der Waals surface area contributed by atoms with Crippen LogP contribution in [-0.4, -0.2) is 37.2 Å². The molecule has 1 saturated heterocycles. The molecule has 1 amide bonds. The fourth-order valence-electron chi connectivity index (χ4n) is 3.53. The van der Waals surface area contributed by atoms with Gasteiger partial charge < -0.3 is 15.0 Å². The Balaban J connectivity index is 1.69. The normalized spacial score (nSPS) is 14.7. The number of halogens is 3. The van der Waals surface area contributed by atoms with Gasteiger partial charge in [0.25, 0.3) is 5.91 Å². The van der Waals surface area contributed by atoms with E-state index in [1.54, 1.807) is 0 Å². The summed E-state index contributed by atoms with van der Waals surface area (Å²) >= 11 is 0. The maximum Gasteiger partial charge on any atom is 0.416 e. The molecule has 4 rings (SSSR count). The molecule has 3 aromatic rings. The van der Waals surface area contributed by atoms with Crippen LogP contribution < -0.4 is 10.2 Å². The molecule has 1 aromatic heterocycles. The molecule has 33 heavy (non-hydrogen) atoms. The van der Waals surface area contributed by atoms with E-state index in [1.807, 2.05) is 41.3 Å². The van der Waals surface area contributed by atoms with E-state index in [2.05, 4.69) is 5.32 Å². The molecule has 0 atom stereocenters. The van der Waals surface area contributed by atoms with Crippen molar-refractivity contribution in [3.05, 3.63) is 71.3 Å². The first kappa shape index (κ1) is 22.3. The number of amides is 1. The van der Waals surface area contributed by atoms with Gasteiger partial charge in [0.2, 0.25) is 0 Å². The molecule has 2 aromatic carbocycles. The highest BCUT2D eigenvalue weighted by atomic mass is 19.4. The SMILES string of the molecule is N#CC(=Cc1cc2ccccc2nc1N1CCOCC1)C(=O)Nc1cccc(C(F)(F)F)c1. The van der Waals surface area contributed by atoms with Crippen LogP contribution >= 0.6 is 0 Å². The Morgan fingerprint density at radius 3 is 2.61 bits per heavy atom. The first-order chi connectivity index (χ1) is 15.8. The maximum absolute atomic E-state index is 13.0. The fraction of sp³-hybridized carbons (Fsp3) is 0.208. The predicted octanol–water partition coefficient (Wildman–Crippen LogP) is 4.64. The summed E-state index contributed by atoms with van der Waals surface area (Å²) in [5.41, 5.74) is 0.130. The first-order valence-corrected chi connectivity index (χ1v) is 10.2. The third-order valence-electron chi connectivity index (χ3n) is 5.16. The van der Waals surface area contributed by atoms with Gasteiger partial charge in [-0.3, -0.25) is 4.79 Å². The van der Waals surface area contributed by atoms with Gasteiger partial charge >= 0.3 is 6.18 Å². The van der Waals surface area contributed by atoms with E-state index in [1.165, 1.54) is 18.2 Å². The van der Waals surface area contributed by atoms with Gasteiger partial charge in [-0.05, 0) is 36.4 Å². The first-order valence-electron chi connectivity index (χ1n) is 10.2. The molecule has 0 spiro atoms. The Labute approximate surface area is 187 Å². The van der Waals surface area contributed by atoms with E-state index in [9.17, 15) is 23.2 Å². The Kier molecular flexibility index (Phi) is 6.29. The second kappa shape index (κ2) is 9.30. The van der Waals surface area contributed by atoms with Crippen molar-refractivity contribution in [3.63, 3.8) is 0 Å². The van der Waals surface area contributed by atoms with Gasteiger partial charge in [0.15, 0.2) is 0 Å².